The number of hydrogen-bond donors (Lipinski definition) is 0. The summed E-state index contributed by atoms with van der Waals surface area (Å²) in [5.41, 5.74) is 3.08. The van der Waals surface area contributed by atoms with Crippen molar-refractivity contribution in [1.82, 2.24) is 0 Å². The molecule has 0 N–H and O–H groups in total. The third-order valence-electron chi connectivity index (χ3n) is 5.82. The Labute approximate surface area is 174 Å². The van der Waals surface area contributed by atoms with E-state index in [1.165, 1.54) is 6.92 Å². The quantitative estimate of drug-likeness (QED) is 0.415. The predicted octanol–water partition coefficient (Wildman–Crippen LogP) is 7.19. The van der Waals surface area contributed by atoms with Crippen molar-refractivity contribution >= 4 is 0 Å². The molecule has 1 aliphatic rings. The first-order chi connectivity index (χ1) is 14.5. The van der Waals surface area contributed by atoms with Crippen LogP contribution >= 0.6 is 0 Å². The van der Waals surface area contributed by atoms with Crippen LogP contribution in [-0.2, 0) is 4.74 Å². The van der Waals surface area contributed by atoms with Gasteiger partial charge in [0.1, 0.15) is 5.82 Å². The number of halogens is 3. The average Bonchev–Trinajstić information content (AvgIpc) is 2.78. The maximum atomic E-state index is 14.9. The highest BCUT2D eigenvalue weighted by atomic mass is 19.2. The molecule has 1 aliphatic heterocycles. The molecular weight excluding hydrogens is 385 g/mol. The maximum absolute atomic E-state index is 14.9. The van der Waals surface area contributed by atoms with Crippen LogP contribution in [0.15, 0.2) is 67.3 Å². The molecule has 3 aromatic rings. The molecule has 154 valence electrons. The number of ether oxygens (including phenoxy) is 1. The first-order valence-electron chi connectivity index (χ1n) is 10.1. The molecule has 1 saturated heterocycles. The molecule has 0 aromatic heterocycles. The van der Waals surface area contributed by atoms with Crippen molar-refractivity contribution in [2.24, 2.45) is 0 Å². The fourth-order valence-corrected chi connectivity index (χ4v) is 3.94. The van der Waals surface area contributed by atoms with E-state index in [1.54, 1.807) is 54.6 Å². The van der Waals surface area contributed by atoms with Crippen molar-refractivity contribution in [1.29, 1.82) is 0 Å². The molecule has 4 heteroatoms. The van der Waals surface area contributed by atoms with Crippen LogP contribution in [0.4, 0.5) is 13.2 Å². The Hall–Kier alpha value is -2.85. The molecule has 0 aliphatic carbocycles. The Balaban J connectivity index is 1.56. The molecule has 0 amide bonds. The van der Waals surface area contributed by atoms with Gasteiger partial charge in [0.25, 0.3) is 0 Å². The summed E-state index contributed by atoms with van der Waals surface area (Å²) in [6, 6.07) is 15.2. The zero-order valence-corrected chi connectivity index (χ0v) is 16.8. The standard InChI is InChI=1S/C26H23F3O/c1-3-21-11-9-20(15-30-21)19-10-13-22(24(27)14-19)17-5-7-18(8-6-17)23-12-4-16(2)25(28)26(23)29/h3-8,10,12-14,20-21H,1,9,11,15H2,2H3. The molecule has 1 fully saturated rings. The molecule has 1 nitrogen and oxygen atoms in total. The number of hydrogen-bond acceptors (Lipinski definition) is 1. The zero-order valence-electron chi connectivity index (χ0n) is 16.8. The molecule has 0 radical (unpaired) electrons. The molecule has 0 saturated carbocycles. The normalized spacial score (nSPS) is 18.9. The van der Waals surface area contributed by atoms with E-state index in [0.29, 0.717) is 23.3 Å². The van der Waals surface area contributed by atoms with Crippen molar-refractivity contribution in [2.45, 2.75) is 31.8 Å². The Bertz CT molecular complexity index is 1060. The van der Waals surface area contributed by atoms with Gasteiger partial charge < -0.3 is 4.74 Å². The molecule has 30 heavy (non-hydrogen) atoms. The minimum atomic E-state index is -0.869. The van der Waals surface area contributed by atoms with Gasteiger partial charge in [-0.05, 0) is 48.1 Å². The average molecular weight is 408 g/mol. The summed E-state index contributed by atoms with van der Waals surface area (Å²) in [4.78, 5) is 0. The van der Waals surface area contributed by atoms with E-state index in [-0.39, 0.29) is 29.0 Å². The summed E-state index contributed by atoms with van der Waals surface area (Å²) < 4.78 is 48.7. The summed E-state index contributed by atoms with van der Waals surface area (Å²) in [6.07, 6.45) is 3.70. The number of rotatable bonds is 4. The topological polar surface area (TPSA) is 9.23 Å². The smallest absolute Gasteiger partial charge is 0.166 e. The first-order valence-corrected chi connectivity index (χ1v) is 10.1. The lowest BCUT2D eigenvalue weighted by Crippen LogP contribution is -2.23. The fraction of sp³-hybridized carbons (Fsp3) is 0.231. The van der Waals surface area contributed by atoms with E-state index >= 15 is 0 Å². The van der Waals surface area contributed by atoms with Crippen molar-refractivity contribution in [3.05, 3.63) is 95.8 Å². The number of benzene rings is 3. The van der Waals surface area contributed by atoms with Crippen LogP contribution in [0, 0.1) is 24.4 Å². The second kappa shape index (κ2) is 8.49. The Morgan fingerprint density at radius 3 is 2.13 bits per heavy atom. The van der Waals surface area contributed by atoms with E-state index in [9.17, 15) is 13.2 Å². The minimum absolute atomic E-state index is 0.0794. The van der Waals surface area contributed by atoms with Crippen LogP contribution in [0.25, 0.3) is 22.3 Å². The molecular formula is C26H23F3O. The SMILES string of the molecule is C=CC1CCC(c2ccc(-c3ccc(-c4ccc(C)c(F)c4F)cc3)c(F)c2)CO1. The van der Waals surface area contributed by atoms with Gasteiger partial charge in [0.05, 0.1) is 12.7 Å². The lowest BCUT2D eigenvalue weighted by atomic mass is 9.90. The second-order valence-electron chi connectivity index (χ2n) is 7.76. The van der Waals surface area contributed by atoms with Gasteiger partial charge in [0, 0.05) is 17.0 Å². The highest BCUT2D eigenvalue weighted by Gasteiger charge is 2.22. The van der Waals surface area contributed by atoms with E-state index < -0.39 is 11.6 Å². The van der Waals surface area contributed by atoms with Crippen LogP contribution in [0.2, 0.25) is 0 Å². The Morgan fingerprint density at radius 2 is 1.53 bits per heavy atom. The van der Waals surface area contributed by atoms with Gasteiger partial charge in [0.15, 0.2) is 11.6 Å². The van der Waals surface area contributed by atoms with Gasteiger partial charge in [-0.25, -0.2) is 13.2 Å². The molecule has 2 atom stereocenters. The predicted molar refractivity (Wildman–Crippen MR) is 114 cm³/mol. The van der Waals surface area contributed by atoms with Crippen LogP contribution < -0.4 is 0 Å². The van der Waals surface area contributed by atoms with Gasteiger partial charge in [-0.15, -0.1) is 6.58 Å². The van der Waals surface area contributed by atoms with Gasteiger partial charge in [-0.3, -0.25) is 0 Å². The van der Waals surface area contributed by atoms with E-state index in [2.05, 4.69) is 6.58 Å². The molecule has 4 rings (SSSR count). The van der Waals surface area contributed by atoms with Crippen molar-refractivity contribution < 1.29 is 17.9 Å². The monoisotopic (exact) mass is 408 g/mol. The van der Waals surface area contributed by atoms with Crippen LogP contribution in [0.5, 0.6) is 0 Å². The van der Waals surface area contributed by atoms with Crippen LogP contribution in [0.1, 0.15) is 29.9 Å². The lowest BCUT2D eigenvalue weighted by molar-refractivity contribution is 0.0328. The highest BCUT2D eigenvalue weighted by Crippen LogP contribution is 2.33. The minimum Gasteiger partial charge on any atom is -0.374 e. The van der Waals surface area contributed by atoms with Crippen molar-refractivity contribution in [3.8, 4) is 22.3 Å². The highest BCUT2D eigenvalue weighted by molar-refractivity contribution is 5.71. The molecule has 0 spiro atoms. The largest absolute Gasteiger partial charge is 0.374 e. The summed E-state index contributed by atoms with van der Waals surface area (Å²) in [6.45, 7) is 5.84. The third-order valence-corrected chi connectivity index (χ3v) is 5.82. The van der Waals surface area contributed by atoms with E-state index in [1.807, 2.05) is 6.07 Å². The summed E-state index contributed by atoms with van der Waals surface area (Å²) in [5, 5.41) is 0. The van der Waals surface area contributed by atoms with E-state index in [4.69, 9.17) is 4.74 Å². The zero-order chi connectivity index (χ0) is 21.3. The third kappa shape index (κ3) is 3.92. The second-order valence-corrected chi connectivity index (χ2v) is 7.76. The summed E-state index contributed by atoms with van der Waals surface area (Å²) >= 11 is 0. The molecule has 1 heterocycles. The first kappa shape index (κ1) is 20.4. The maximum Gasteiger partial charge on any atom is 0.166 e. The van der Waals surface area contributed by atoms with E-state index in [0.717, 1.165) is 18.4 Å². The van der Waals surface area contributed by atoms with Crippen molar-refractivity contribution in [3.63, 3.8) is 0 Å². The van der Waals surface area contributed by atoms with Crippen LogP contribution in [0.3, 0.4) is 0 Å². The van der Waals surface area contributed by atoms with Crippen molar-refractivity contribution in [2.75, 3.05) is 6.61 Å². The van der Waals surface area contributed by atoms with Gasteiger partial charge in [-0.2, -0.15) is 0 Å². The summed E-state index contributed by atoms with van der Waals surface area (Å²) in [5.74, 6) is -1.85. The fourth-order valence-electron chi connectivity index (χ4n) is 3.94. The van der Waals surface area contributed by atoms with Gasteiger partial charge in [-0.1, -0.05) is 54.6 Å². The van der Waals surface area contributed by atoms with Gasteiger partial charge >= 0.3 is 0 Å². The Morgan fingerprint density at radius 1 is 0.867 bits per heavy atom. The summed E-state index contributed by atoms with van der Waals surface area (Å²) in [7, 11) is 0. The lowest BCUT2D eigenvalue weighted by Gasteiger charge is -2.27. The Kier molecular flexibility index (Phi) is 5.78. The van der Waals surface area contributed by atoms with Crippen LogP contribution in [-0.4, -0.2) is 12.7 Å². The van der Waals surface area contributed by atoms with Gasteiger partial charge in [0.2, 0.25) is 0 Å². The molecule has 2 unspecified atom stereocenters. The molecule has 3 aromatic carbocycles. The number of aryl methyl sites for hydroxylation is 1. The molecule has 0 bridgehead atoms.